The Morgan fingerprint density at radius 3 is 2.11 bits per heavy atom. The van der Waals surface area contributed by atoms with Crippen molar-refractivity contribution in [1.82, 2.24) is 4.90 Å². The normalized spacial score (nSPS) is 11.2. The standard InChI is InChI=1S/C6H11NO2/c1-5(7(2)3)4-6(8)9/h4H,1-3H3,(H,8,9)/b5-4-. The highest BCUT2D eigenvalue weighted by Gasteiger charge is 1.93. The molecule has 52 valence electrons. The summed E-state index contributed by atoms with van der Waals surface area (Å²) in [6, 6.07) is 0. The number of aliphatic carboxylic acids is 1. The van der Waals surface area contributed by atoms with Gasteiger partial charge >= 0.3 is 5.97 Å². The molecule has 3 heteroatoms. The van der Waals surface area contributed by atoms with Gasteiger partial charge < -0.3 is 10.0 Å². The van der Waals surface area contributed by atoms with Crippen molar-refractivity contribution in [3.63, 3.8) is 0 Å². The summed E-state index contributed by atoms with van der Waals surface area (Å²) in [5.41, 5.74) is 0.738. The molecule has 0 amide bonds. The van der Waals surface area contributed by atoms with Crippen LogP contribution in [0.3, 0.4) is 0 Å². The molecule has 0 aromatic heterocycles. The molecule has 0 heterocycles. The van der Waals surface area contributed by atoms with Crippen LogP contribution in [-0.2, 0) is 4.79 Å². The van der Waals surface area contributed by atoms with E-state index in [1.165, 1.54) is 6.08 Å². The first-order chi connectivity index (χ1) is 4.04. The maximum atomic E-state index is 10.0. The monoisotopic (exact) mass is 129 g/mol. The summed E-state index contributed by atoms with van der Waals surface area (Å²) in [4.78, 5) is 11.8. The number of rotatable bonds is 2. The predicted octanol–water partition coefficient (Wildman–Crippen LogP) is 0.536. The first-order valence-electron chi connectivity index (χ1n) is 2.62. The van der Waals surface area contributed by atoms with Gasteiger partial charge in [0, 0.05) is 25.9 Å². The van der Waals surface area contributed by atoms with E-state index in [4.69, 9.17) is 5.11 Å². The molecule has 3 nitrogen and oxygen atoms in total. The summed E-state index contributed by atoms with van der Waals surface area (Å²) in [5.74, 6) is -0.902. The van der Waals surface area contributed by atoms with Gasteiger partial charge in [0.1, 0.15) is 0 Å². The zero-order chi connectivity index (χ0) is 7.44. The second-order valence-electron chi connectivity index (χ2n) is 2.02. The van der Waals surface area contributed by atoms with Crippen molar-refractivity contribution in [3.8, 4) is 0 Å². The highest BCUT2D eigenvalue weighted by atomic mass is 16.4. The SMILES string of the molecule is C/C(=C/C(=O)O)N(C)C. The fraction of sp³-hybridized carbons (Fsp3) is 0.500. The Morgan fingerprint density at radius 2 is 2.00 bits per heavy atom. The fourth-order valence-corrected chi connectivity index (χ4v) is 0.308. The summed E-state index contributed by atoms with van der Waals surface area (Å²) < 4.78 is 0. The maximum Gasteiger partial charge on any atom is 0.330 e. The number of hydrogen-bond donors (Lipinski definition) is 1. The summed E-state index contributed by atoms with van der Waals surface area (Å²) in [5, 5.41) is 8.23. The number of carbonyl (C=O) groups is 1. The van der Waals surface area contributed by atoms with Gasteiger partial charge in [0.15, 0.2) is 0 Å². The van der Waals surface area contributed by atoms with Crippen LogP contribution in [0.15, 0.2) is 11.8 Å². The Kier molecular flexibility index (Phi) is 2.78. The number of allylic oxidation sites excluding steroid dienone is 1. The van der Waals surface area contributed by atoms with E-state index in [9.17, 15) is 4.79 Å². The number of carboxylic acids is 1. The molecule has 0 atom stereocenters. The van der Waals surface area contributed by atoms with E-state index >= 15 is 0 Å². The third-order valence-corrected chi connectivity index (χ3v) is 1.04. The van der Waals surface area contributed by atoms with Gasteiger partial charge in [-0.1, -0.05) is 0 Å². The zero-order valence-electron chi connectivity index (χ0n) is 5.88. The summed E-state index contributed by atoms with van der Waals surface area (Å²) in [6.45, 7) is 1.74. The van der Waals surface area contributed by atoms with E-state index < -0.39 is 5.97 Å². The second-order valence-corrected chi connectivity index (χ2v) is 2.02. The minimum absolute atomic E-state index is 0.738. The lowest BCUT2D eigenvalue weighted by atomic mass is 10.4. The zero-order valence-corrected chi connectivity index (χ0v) is 5.88. The molecule has 0 aliphatic rings. The number of nitrogens with zero attached hydrogens (tertiary/aromatic N) is 1. The van der Waals surface area contributed by atoms with Crippen molar-refractivity contribution >= 4 is 5.97 Å². The molecular weight excluding hydrogens is 118 g/mol. The Hall–Kier alpha value is -0.990. The van der Waals surface area contributed by atoms with Gasteiger partial charge in [-0.2, -0.15) is 0 Å². The molecule has 9 heavy (non-hydrogen) atoms. The molecule has 0 rings (SSSR count). The molecule has 0 aliphatic carbocycles. The topological polar surface area (TPSA) is 40.5 Å². The van der Waals surface area contributed by atoms with E-state index in [0.29, 0.717) is 0 Å². The van der Waals surface area contributed by atoms with Crippen LogP contribution in [0.2, 0.25) is 0 Å². The van der Waals surface area contributed by atoms with E-state index in [-0.39, 0.29) is 0 Å². The molecule has 0 aromatic carbocycles. The van der Waals surface area contributed by atoms with Crippen LogP contribution >= 0.6 is 0 Å². The highest BCUT2D eigenvalue weighted by Crippen LogP contribution is 1.93. The van der Waals surface area contributed by atoms with Crippen molar-refractivity contribution in [2.45, 2.75) is 6.92 Å². The van der Waals surface area contributed by atoms with Crippen molar-refractivity contribution in [3.05, 3.63) is 11.8 Å². The second kappa shape index (κ2) is 3.12. The minimum Gasteiger partial charge on any atom is -0.478 e. The lowest BCUT2D eigenvalue weighted by molar-refractivity contribution is -0.131. The molecule has 0 radical (unpaired) electrons. The summed E-state index contributed by atoms with van der Waals surface area (Å²) in [6.07, 6.45) is 1.17. The molecule has 0 unspecified atom stereocenters. The summed E-state index contributed by atoms with van der Waals surface area (Å²) in [7, 11) is 3.60. The smallest absolute Gasteiger partial charge is 0.330 e. The van der Waals surface area contributed by atoms with Crippen LogP contribution in [0.1, 0.15) is 6.92 Å². The van der Waals surface area contributed by atoms with Crippen LogP contribution in [0.5, 0.6) is 0 Å². The third-order valence-electron chi connectivity index (χ3n) is 1.04. The van der Waals surface area contributed by atoms with E-state index in [2.05, 4.69) is 0 Å². The van der Waals surface area contributed by atoms with Crippen LogP contribution in [0.4, 0.5) is 0 Å². The van der Waals surface area contributed by atoms with Crippen LogP contribution < -0.4 is 0 Å². The Morgan fingerprint density at radius 1 is 1.56 bits per heavy atom. The molecule has 0 bridgehead atoms. The van der Waals surface area contributed by atoms with Gasteiger partial charge in [-0.15, -0.1) is 0 Å². The fourth-order valence-electron chi connectivity index (χ4n) is 0.308. The van der Waals surface area contributed by atoms with Gasteiger partial charge in [-0.25, -0.2) is 4.79 Å². The largest absolute Gasteiger partial charge is 0.478 e. The number of hydrogen-bond acceptors (Lipinski definition) is 2. The Balaban J connectivity index is 4.00. The average molecular weight is 129 g/mol. The van der Waals surface area contributed by atoms with Crippen LogP contribution in [0, 0.1) is 0 Å². The van der Waals surface area contributed by atoms with E-state index in [1.54, 1.807) is 25.9 Å². The molecule has 1 N–H and O–H groups in total. The third kappa shape index (κ3) is 3.58. The minimum atomic E-state index is -0.902. The number of carboxylic acid groups (broad SMARTS) is 1. The highest BCUT2D eigenvalue weighted by molar-refractivity contribution is 5.80. The first kappa shape index (κ1) is 8.01. The molecule has 0 spiro atoms. The molecule has 0 aromatic rings. The van der Waals surface area contributed by atoms with Gasteiger partial charge in [-0.05, 0) is 6.92 Å². The maximum absolute atomic E-state index is 10.0. The lowest BCUT2D eigenvalue weighted by Crippen LogP contribution is -2.09. The van der Waals surface area contributed by atoms with Crippen molar-refractivity contribution < 1.29 is 9.90 Å². The molecular formula is C6H11NO2. The van der Waals surface area contributed by atoms with Crippen molar-refractivity contribution in [2.24, 2.45) is 0 Å². The lowest BCUT2D eigenvalue weighted by Gasteiger charge is -2.10. The van der Waals surface area contributed by atoms with E-state index in [0.717, 1.165) is 5.70 Å². The quantitative estimate of drug-likeness (QED) is 0.553. The van der Waals surface area contributed by atoms with Gasteiger partial charge in [0.05, 0.1) is 0 Å². The van der Waals surface area contributed by atoms with Crippen LogP contribution in [0.25, 0.3) is 0 Å². The van der Waals surface area contributed by atoms with Gasteiger partial charge in [0.2, 0.25) is 0 Å². The molecule has 0 saturated carbocycles. The Labute approximate surface area is 54.6 Å². The molecule has 0 aliphatic heterocycles. The van der Waals surface area contributed by atoms with E-state index in [1.807, 2.05) is 0 Å². The van der Waals surface area contributed by atoms with Crippen LogP contribution in [-0.4, -0.2) is 30.1 Å². The van der Waals surface area contributed by atoms with Gasteiger partial charge in [0.25, 0.3) is 0 Å². The van der Waals surface area contributed by atoms with Crippen molar-refractivity contribution in [2.75, 3.05) is 14.1 Å². The Bertz CT molecular complexity index is 138. The summed E-state index contributed by atoms with van der Waals surface area (Å²) >= 11 is 0. The van der Waals surface area contributed by atoms with Gasteiger partial charge in [-0.3, -0.25) is 0 Å². The average Bonchev–Trinajstić information content (AvgIpc) is 1.63. The van der Waals surface area contributed by atoms with Crippen molar-refractivity contribution in [1.29, 1.82) is 0 Å². The predicted molar refractivity (Wildman–Crippen MR) is 35.1 cm³/mol. The molecule has 0 fully saturated rings. The first-order valence-corrected chi connectivity index (χ1v) is 2.62. The molecule has 0 saturated heterocycles.